The van der Waals surface area contributed by atoms with E-state index in [1.54, 1.807) is 12.1 Å². The third kappa shape index (κ3) is 8.75. The van der Waals surface area contributed by atoms with E-state index >= 15 is 0 Å². The minimum atomic E-state index is -7.22. The van der Waals surface area contributed by atoms with E-state index in [0.29, 0.717) is 12.4 Å². The van der Waals surface area contributed by atoms with Gasteiger partial charge in [0.25, 0.3) is 0 Å². The first-order valence-electron chi connectivity index (χ1n) is 12.2. The summed E-state index contributed by atoms with van der Waals surface area (Å²) in [7, 11) is 0. The molecule has 2 aromatic carbocycles. The smallest absolute Gasteiger partial charge is 0.461 e. The standard InChI is InChI=1S/C26H25F9O6/c1-2-3-4-5-6-7-16-38-19-12-8-17(9-13-19)21(36)39-20-14-10-18(11-15-20)22(37)40-41-26(34,35)24(29,30)23(27,28)25(31,32)33/h8-15H,2-7,16H2,1H3. The first-order chi connectivity index (χ1) is 19.0. The first-order valence-corrected chi connectivity index (χ1v) is 12.2. The summed E-state index contributed by atoms with van der Waals surface area (Å²) in [5, 5.41) is 0. The molecule has 228 valence electrons. The fraction of sp³-hybridized carbons (Fsp3) is 0.462. The van der Waals surface area contributed by atoms with Gasteiger partial charge in [0.15, 0.2) is 0 Å². The predicted octanol–water partition coefficient (Wildman–Crippen LogP) is 8.16. The highest BCUT2D eigenvalue weighted by atomic mass is 19.4. The van der Waals surface area contributed by atoms with Gasteiger partial charge < -0.3 is 9.47 Å². The lowest BCUT2D eigenvalue weighted by molar-refractivity contribution is -0.503. The molecule has 0 aliphatic heterocycles. The van der Waals surface area contributed by atoms with Gasteiger partial charge in [-0.25, -0.2) is 9.59 Å². The van der Waals surface area contributed by atoms with Crippen molar-refractivity contribution in [2.24, 2.45) is 0 Å². The quantitative estimate of drug-likeness (QED) is 0.0510. The van der Waals surface area contributed by atoms with Crippen LogP contribution < -0.4 is 9.47 Å². The zero-order valence-electron chi connectivity index (χ0n) is 21.4. The third-order valence-electron chi connectivity index (χ3n) is 5.50. The molecule has 2 rings (SSSR count). The highest BCUT2D eigenvalue weighted by Gasteiger charge is 2.83. The zero-order chi connectivity index (χ0) is 30.9. The van der Waals surface area contributed by atoms with Crippen molar-refractivity contribution in [3.05, 3.63) is 59.7 Å². The maximum absolute atomic E-state index is 13.3. The molecule has 0 aliphatic carbocycles. The summed E-state index contributed by atoms with van der Waals surface area (Å²) in [6.07, 6.45) is -7.06. The van der Waals surface area contributed by atoms with Crippen LogP contribution in [-0.2, 0) is 9.78 Å². The Hall–Kier alpha value is -3.49. The van der Waals surface area contributed by atoms with Crippen molar-refractivity contribution in [1.29, 1.82) is 0 Å². The Labute approximate surface area is 228 Å². The molecular formula is C26H25F9O6. The van der Waals surface area contributed by atoms with Crippen LogP contribution in [-0.4, -0.2) is 42.7 Å². The number of hydrogen-bond donors (Lipinski definition) is 0. The number of hydrogen-bond acceptors (Lipinski definition) is 6. The molecule has 0 heterocycles. The highest BCUT2D eigenvalue weighted by Crippen LogP contribution is 2.53. The first kappa shape index (κ1) is 33.7. The van der Waals surface area contributed by atoms with Gasteiger partial charge in [0.1, 0.15) is 11.5 Å². The van der Waals surface area contributed by atoms with E-state index in [1.165, 1.54) is 25.0 Å². The van der Waals surface area contributed by atoms with Crippen LogP contribution in [0.4, 0.5) is 39.5 Å². The van der Waals surface area contributed by atoms with Gasteiger partial charge >= 0.3 is 36.1 Å². The van der Waals surface area contributed by atoms with Gasteiger partial charge in [-0.1, -0.05) is 39.0 Å². The van der Waals surface area contributed by atoms with Gasteiger partial charge in [-0.05, 0) is 55.0 Å². The lowest BCUT2D eigenvalue weighted by atomic mass is 10.1. The van der Waals surface area contributed by atoms with Crippen LogP contribution in [0.15, 0.2) is 48.5 Å². The van der Waals surface area contributed by atoms with Crippen molar-refractivity contribution in [1.82, 2.24) is 0 Å². The van der Waals surface area contributed by atoms with Crippen molar-refractivity contribution < 1.29 is 68.4 Å². The molecule has 0 saturated carbocycles. The Morgan fingerprint density at radius 3 is 1.66 bits per heavy atom. The Bertz CT molecular complexity index is 1130. The minimum absolute atomic E-state index is 0.118. The summed E-state index contributed by atoms with van der Waals surface area (Å²) in [5.74, 6) is -16.8. The summed E-state index contributed by atoms with van der Waals surface area (Å²) in [6.45, 7) is 2.64. The second-order valence-electron chi connectivity index (χ2n) is 8.67. The second-order valence-corrected chi connectivity index (χ2v) is 8.67. The largest absolute Gasteiger partial charge is 0.494 e. The highest BCUT2D eigenvalue weighted by molar-refractivity contribution is 5.92. The number of rotatable bonds is 15. The molecule has 0 fully saturated rings. The minimum Gasteiger partial charge on any atom is -0.494 e. The third-order valence-corrected chi connectivity index (χ3v) is 5.50. The van der Waals surface area contributed by atoms with E-state index < -0.39 is 41.6 Å². The van der Waals surface area contributed by atoms with Crippen molar-refractivity contribution in [2.75, 3.05) is 6.61 Å². The van der Waals surface area contributed by atoms with Gasteiger partial charge in [-0.3, -0.25) is 4.89 Å². The van der Waals surface area contributed by atoms with Crippen molar-refractivity contribution in [3.8, 4) is 11.5 Å². The van der Waals surface area contributed by atoms with Gasteiger partial charge in [-0.2, -0.15) is 39.5 Å². The van der Waals surface area contributed by atoms with Gasteiger partial charge in [0, 0.05) is 0 Å². The molecule has 2 aromatic rings. The summed E-state index contributed by atoms with van der Waals surface area (Å²) >= 11 is 0. The predicted molar refractivity (Wildman–Crippen MR) is 124 cm³/mol. The van der Waals surface area contributed by atoms with E-state index in [4.69, 9.17) is 9.47 Å². The number of esters is 1. The lowest BCUT2D eigenvalue weighted by Crippen LogP contribution is -2.61. The maximum Gasteiger partial charge on any atom is 0.461 e. The fourth-order valence-corrected chi connectivity index (χ4v) is 3.14. The SMILES string of the molecule is CCCCCCCCOc1ccc(C(=O)Oc2ccc(C(=O)OOC(F)(F)C(F)(F)C(F)(F)C(F)(F)F)cc2)cc1. The molecule has 0 aromatic heterocycles. The van der Waals surface area contributed by atoms with Crippen molar-refractivity contribution >= 4 is 11.9 Å². The molecule has 0 saturated heterocycles. The molecule has 0 aliphatic rings. The van der Waals surface area contributed by atoms with Gasteiger partial charge in [-0.15, -0.1) is 4.89 Å². The average molecular weight is 604 g/mol. The van der Waals surface area contributed by atoms with E-state index in [9.17, 15) is 49.1 Å². The van der Waals surface area contributed by atoms with Crippen LogP contribution in [0, 0.1) is 0 Å². The molecule has 0 spiro atoms. The van der Waals surface area contributed by atoms with Crippen LogP contribution in [0.2, 0.25) is 0 Å². The number of carbonyl (C=O) groups excluding carboxylic acids is 2. The number of carbonyl (C=O) groups is 2. The molecule has 0 atom stereocenters. The Morgan fingerprint density at radius 1 is 0.634 bits per heavy atom. The van der Waals surface area contributed by atoms with E-state index in [1.807, 2.05) is 0 Å². The van der Waals surface area contributed by atoms with Crippen LogP contribution in [0.25, 0.3) is 0 Å². The summed E-state index contributed by atoms with van der Waals surface area (Å²) in [4.78, 5) is 30.1. The van der Waals surface area contributed by atoms with Crippen LogP contribution in [0.3, 0.4) is 0 Å². The monoisotopic (exact) mass is 604 g/mol. The molecular weight excluding hydrogens is 579 g/mol. The molecule has 0 unspecified atom stereocenters. The van der Waals surface area contributed by atoms with Crippen molar-refractivity contribution in [3.63, 3.8) is 0 Å². The molecule has 6 nitrogen and oxygen atoms in total. The number of ether oxygens (including phenoxy) is 2. The number of halogens is 9. The fourth-order valence-electron chi connectivity index (χ4n) is 3.14. The Morgan fingerprint density at radius 2 is 1.12 bits per heavy atom. The molecule has 0 radical (unpaired) electrons. The molecule has 0 N–H and O–H groups in total. The average Bonchev–Trinajstić information content (AvgIpc) is 2.91. The van der Waals surface area contributed by atoms with Crippen LogP contribution in [0.1, 0.15) is 66.2 Å². The van der Waals surface area contributed by atoms with Crippen molar-refractivity contribution in [2.45, 2.75) is 69.6 Å². The maximum atomic E-state index is 13.3. The Balaban J connectivity index is 1.88. The molecule has 0 bridgehead atoms. The normalized spacial score (nSPS) is 12.6. The molecule has 41 heavy (non-hydrogen) atoms. The number of benzene rings is 2. The van der Waals surface area contributed by atoms with Gasteiger partial charge in [0.2, 0.25) is 0 Å². The summed E-state index contributed by atoms with van der Waals surface area (Å²) < 4.78 is 126. The van der Waals surface area contributed by atoms with Crippen LogP contribution in [0.5, 0.6) is 11.5 Å². The number of unbranched alkanes of at least 4 members (excludes halogenated alkanes) is 5. The van der Waals surface area contributed by atoms with E-state index in [2.05, 4.69) is 16.7 Å². The summed E-state index contributed by atoms with van der Waals surface area (Å²) in [5.41, 5.74) is -0.578. The zero-order valence-corrected chi connectivity index (χ0v) is 21.4. The van der Waals surface area contributed by atoms with E-state index in [-0.39, 0.29) is 11.3 Å². The lowest BCUT2D eigenvalue weighted by Gasteiger charge is -2.31. The van der Waals surface area contributed by atoms with E-state index in [0.717, 1.165) is 49.9 Å². The Kier molecular flexibility index (Phi) is 11.4. The van der Waals surface area contributed by atoms with Crippen LogP contribution >= 0.6 is 0 Å². The second kappa shape index (κ2) is 13.9. The molecule has 0 amide bonds. The number of alkyl halides is 9. The molecule has 15 heteroatoms. The topological polar surface area (TPSA) is 71.1 Å². The summed E-state index contributed by atoms with van der Waals surface area (Å²) in [6, 6.07) is 9.45. The van der Waals surface area contributed by atoms with Gasteiger partial charge in [0.05, 0.1) is 17.7 Å².